The van der Waals surface area contributed by atoms with Crippen molar-refractivity contribution in [2.24, 2.45) is 0 Å². The first-order valence-corrected chi connectivity index (χ1v) is 9.18. The van der Waals surface area contributed by atoms with Crippen molar-refractivity contribution in [1.29, 1.82) is 0 Å². The predicted octanol–water partition coefficient (Wildman–Crippen LogP) is 2.68. The number of rotatable bonds is 3. The summed E-state index contributed by atoms with van der Waals surface area (Å²) in [4.78, 5) is 30.9. The summed E-state index contributed by atoms with van der Waals surface area (Å²) < 4.78 is 27.6. The lowest BCUT2D eigenvalue weighted by molar-refractivity contribution is -0.163. The maximum atomic E-state index is 14.3. The zero-order chi connectivity index (χ0) is 20.1. The second-order valence-electron chi connectivity index (χ2n) is 7.30. The van der Waals surface area contributed by atoms with E-state index in [4.69, 9.17) is 11.6 Å². The van der Waals surface area contributed by atoms with E-state index in [0.717, 1.165) is 16.5 Å². The van der Waals surface area contributed by atoms with Crippen LogP contribution < -0.4 is 4.90 Å². The van der Waals surface area contributed by atoms with Gasteiger partial charge in [-0.2, -0.15) is 0 Å². The van der Waals surface area contributed by atoms with Gasteiger partial charge in [-0.25, -0.2) is 8.78 Å². The third-order valence-corrected chi connectivity index (χ3v) is 5.52. The van der Waals surface area contributed by atoms with Crippen LogP contribution in [0.1, 0.15) is 5.56 Å². The van der Waals surface area contributed by atoms with Crippen LogP contribution in [0.3, 0.4) is 0 Å². The number of hydrogen-bond donors (Lipinski definition) is 0. The van der Waals surface area contributed by atoms with Crippen LogP contribution >= 0.6 is 11.6 Å². The molecular formula is C20H18ClF2N3O2. The summed E-state index contributed by atoms with van der Waals surface area (Å²) in [5, 5.41) is 0.584. The van der Waals surface area contributed by atoms with Crippen molar-refractivity contribution >= 4 is 29.1 Å². The topological polar surface area (TPSA) is 43.9 Å². The highest BCUT2D eigenvalue weighted by molar-refractivity contribution is 6.30. The molecule has 0 N–H and O–H groups in total. The van der Waals surface area contributed by atoms with E-state index in [1.165, 1.54) is 6.07 Å². The lowest BCUT2D eigenvalue weighted by Crippen LogP contribution is -2.80. The van der Waals surface area contributed by atoms with Gasteiger partial charge in [-0.1, -0.05) is 23.7 Å². The van der Waals surface area contributed by atoms with Crippen molar-refractivity contribution in [1.82, 2.24) is 9.80 Å². The van der Waals surface area contributed by atoms with Crippen molar-refractivity contribution in [3.05, 3.63) is 64.7 Å². The van der Waals surface area contributed by atoms with Crippen LogP contribution in [0, 0.1) is 11.6 Å². The second-order valence-corrected chi connectivity index (χ2v) is 7.73. The van der Waals surface area contributed by atoms with Gasteiger partial charge < -0.3 is 9.80 Å². The highest BCUT2D eigenvalue weighted by Crippen LogP contribution is 2.36. The fourth-order valence-corrected chi connectivity index (χ4v) is 4.08. The number of hydrogen-bond acceptors (Lipinski definition) is 3. The zero-order valence-electron chi connectivity index (χ0n) is 15.2. The number of likely N-dealkylation sites (tertiary alicyclic amines) is 1. The molecule has 0 atom stereocenters. The SMILES string of the molecule is CN1CC2(C1)C(=O)N(c1ccc(F)cc1F)CC(=O)N2Cc1ccc(Cl)cc1. The fraction of sp³-hybridized carbons (Fsp3) is 0.300. The van der Waals surface area contributed by atoms with Crippen molar-refractivity contribution < 1.29 is 18.4 Å². The number of carbonyl (C=O) groups excluding carboxylic acids is 2. The van der Waals surface area contributed by atoms with E-state index in [1.807, 2.05) is 24.1 Å². The minimum Gasteiger partial charge on any atom is -0.320 e. The molecule has 0 aromatic heterocycles. The molecular weight excluding hydrogens is 388 g/mol. The quantitative estimate of drug-likeness (QED) is 0.788. The Kier molecular flexibility index (Phi) is 4.59. The van der Waals surface area contributed by atoms with Gasteiger partial charge in [0, 0.05) is 30.7 Å². The first kappa shape index (κ1) is 18.8. The van der Waals surface area contributed by atoms with Crippen LogP contribution in [0.4, 0.5) is 14.5 Å². The molecule has 28 heavy (non-hydrogen) atoms. The minimum absolute atomic E-state index is 0.0835. The number of benzene rings is 2. The summed E-state index contributed by atoms with van der Waals surface area (Å²) in [6.07, 6.45) is 0. The standard InChI is InChI=1S/C20H18ClF2N3O2/c1-24-11-20(12-24)19(28)25(17-7-6-15(22)8-16(17)23)10-18(27)26(20)9-13-2-4-14(21)5-3-13/h2-8H,9-12H2,1H3. The number of amides is 2. The van der Waals surface area contributed by atoms with Gasteiger partial charge in [0.1, 0.15) is 23.7 Å². The summed E-state index contributed by atoms with van der Waals surface area (Å²) in [6, 6.07) is 10.1. The lowest BCUT2D eigenvalue weighted by atomic mass is 9.83. The first-order valence-electron chi connectivity index (χ1n) is 8.81. The molecule has 2 aromatic rings. The molecule has 0 bridgehead atoms. The number of halogens is 3. The molecule has 2 heterocycles. The van der Waals surface area contributed by atoms with Crippen molar-refractivity contribution in [3.8, 4) is 0 Å². The van der Waals surface area contributed by atoms with Crippen LogP contribution in [0.5, 0.6) is 0 Å². The highest BCUT2D eigenvalue weighted by atomic mass is 35.5. The average molecular weight is 406 g/mol. The minimum atomic E-state index is -1.06. The molecule has 2 saturated heterocycles. The molecule has 4 rings (SSSR count). The first-order chi connectivity index (χ1) is 13.3. The summed E-state index contributed by atoms with van der Waals surface area (Å²) >= 11 is 5.92. The monoisotopic (exact) mass is 405 g/mol. The van der Waals surface area contributed by atoms with Gasteiger partial charge in [0.05, 0.1) is 5.69 Å². The fourth-order valence-electron chi connectivity index (χ4n) is 3.96. The molecule has 2 aromatic carbocycles. The molecule has 2 aliphatic rings. The third kappa shape index (κ3) is 3.04. The number of nitrogens with zero attached hydrogens (tertiary/aromatic N) is 3. The van der Waals surface area contributed by atoms with Gasteiger partial charge in [0.25, 0.3) is 5.91 Å². The molecule has 8 heteroatoms. The van der Waals surface area contributed by atoms with Gasteiger partial charge in [0.15, 0.2) is 0 Å². The van der Waals surface area contributed by atoms with Crippen molar-refractivity contribution in [2.75, 3.05) is 31.6 Å². The Labute approximate surface area is 166 Å². The second kappa shape index (κ2) is 6.83. The van der Waals surface area contributed by atoms with E-state index in [1.54, 1.807) is 17.0 Å². The van der Waals surface area contributed by atoms with Gasteiger partial charge in [-0.15, -0.1) is 0 Å². The molecule has 2 amide bonds. The maximum Gasteiger partial charge on any atom is 0.256 e. The van der Waals surface area contributed by atoms with E-state index in [9.17, 15) is 18.4 Å². The Morgan fingerprint density at radius 3 is 2.36 bits per heavy atom. The van der Waals surface area contributed by atoms with Gasteiger partial charge >= 0.3 is 0 Å². The molecule has 0 radical (unpaired) electrons. The Bertz CT molecular complexity index is 945. The summed E-state index contributed by atoms with van der Waals surface area (Å²) in [6.45, 7) is 0.671. The largest absolute Gasteiger partial charge is 0.320 e. The highest BCUT2D eigenvalue weighted by Gasteiger charge is 2.58. The van der Waals surface area contributed by atoms with Crippen LogP contribution in [0.25, 0.3) is 0 Å². The van der Waals surface area contributed by atoms with Crippen LogP contribution in [-0.4, -0.2) is 53.8 Å². The normalized spacial score (nSPS) is 19.3. The average Bonchev–Trinajstić information content (AvgIpc) is 2.62. The Morgan fingerprint density at radius 1 is 1.07 bits per heavy atom. The number of anilines is 1. The number of likely N-dealkylation sites (N-methyl/N-ethyl adjacent to an activating group) is 1. The van der Waals surface area contributed by atoms with Crippen LogP contribution in [-0.2, 0) is 16.1 Å². The maximum absolute atomic E-state index is 14.3. The summed E-state index contributed by atoms with van der Waals surface area (Å²) in [5.74, 6) is -2.24. The molecule has 2 fully saturated rings. The van der Waals surface area contributed by atoms with E-state index in [2.05, 4.69) is 0 Å². The molecule has 0 saturated carbocycles. The molecule has 0 unspecified atom stereocenters. The molecule has 1 spiro atoms. The van der Waals surface area contributed by atoms with Crippen molar-refractivity contribution in [3.63, 3.8) is 0 Å². The van der Waals surface area contributed by atoms with Gasteiger partial charge in [-0.05, 0) is 36.9 Å². The van der Waals surface area contributed by atoms with Gasteiger partial charge in [-0.3, -0.25) is 14.5 Å². The van der Waals surface area contributed by atoms with E-state index < -0.39 is 17.2 Å². The third-order valence-electron chi connectivity index (χ3n) is 5.27. The number of carbonyl (C=O) groups is 2. The van der Waals surface area contributed by atoms with Crippen molar-refractivity contribution in [2.45, 2.75) is 12.1 Å². The Morgan fingerprint density at radius 2 is 1.75 bits per heavy atom. The van der Waals surface area contributed by atoms with E-state index in [-0.39, 0.29) is 30.6 Å². The van der Waals surface area contributed by atoms with Gasteiger partial charge in [0.2, 0.25) is 5.91 Å². The molecule has 2 aliphatic heterocycles. The molecule has 5 nitrogen and oxygen atoms in total. The molecule has 146 valence electrons. The summed E-state index contributed by atoms with van der Waals surface area (Å²) in [7, 11) is 1.85. The number of piperazine rings is 1. The summed E-state index contributed by atoms with van der Waals surface area (Å²) in [5.41, 5.74) is -0.300. The lowest BCUT2D eigenvalue weighted by Gasteiger charge is -2.57. The Hall–Kier alpha value is -2.51. The van der Waals surface area contributed by atoms with Crippen LogP contribution in [0.15, 0.2) is 42.5 Å². The predicted molar refractivity (Wildman–Crippen MR) is 101 cm³/mol. The zero-order valence-corrected chi connectivity index (χ0v) is 15.9. The van der Waals surface area contributed by atoms with Crippen LogP contribution in [0.2, 0.25) is 5.02 Å². The molecule has 0 aliphatic carbocycles. The van der Waals surface area contributed by atoms with E-state index in [0.29, 0.717) is 24.2 Å². The Balaban J connectivity index is 1.68. The van der Waals surface area contributed by atoms with E-state index >= 15 is 0 Å². The smallest absolute Gasteiger partial charge is 0.256 e.